The van der Waals surface area contributed by atoms with E-state index in [1.807, 2.05) is 195 Å². The molecule has 664 valence electrons. The molecule has 1 fully saturated rings. The third kappa shape index (κ3) is 21.6. The molecule has 33 nitrogen and oxygen atoms in total. The molecule has 20 rings (SSSR count). The maximum absolute atomic E-state index is 12.5. The van der Waals surface area contributed by atoms with Crippen LogP contribution < -0.4 is 63.3 Å². The lowest BCUT2D eigenvalue weighted by Crippen LogP contribution is -2.30. The zero-order chi connectivity index (χ0) is 91.2. The van der Waals surface area contributed by atoms with Crippen molar-refractivity contribution in [1.82, 2.24) is 103 Å². The van der Waals surface area contributed by atoms with Crippen molar-refractivity contribution >= 4 is 78.9 Å². The molecule has 0 amide bonds. The molecule has 8 aromatic carbocycles. The van der Waals surface area contributed by atoms with Gasteiger partial charge in [-0.1, -0.05) is 101 Å². The lowest BCUT2D eigenvalue weighted by molar-refractivity contribution is 0.218. The molecule has 0 atom stereocenters. The summed E-state index contributed by atoms with van der Waals surface area (Å²) in [6.45, 7) is 17.0. The Morgan fingerprint density at radius 1 is 0.344 bits per heavy atom. The number of piperidine rings is 1. The van der Waals surface area contributed by atoms with E-state index in [4.69, 9.17) is 14.2 Å². The number of nitrogens with one attached hydrogen (secondary N) is 9. The van der Waals surface area contributed by atoms with E-state index >= 15 is 0 Å². The van der Waals surface area contributed by atoms with Crippen LogP contribution in [0.4, 0.5) is 22.7 Å². The average molecular weight is 1840 g/mol. The number of thiophene rings is 1. The van der Waals surface area contributed by atoms with E-state index < -0.39 is 0 Å². The summed E-state index contributed by atoms with van der Waals surface area (Å²) in [4.78, 5) is 110. The van der Waals surface area contributed by atoms with Gasteiger partial charge in [0.2, 0.25) is 0 Å². The highest BCUT2D eigenvalue weighted by Gasteiger charge is 2.20. The smallest absolute Gasteiger partial charge is 0.274 e. The maximum atomic E-state index is 12.5. The fourth-order valence-electron chi connectivity index (χ4n) is 14.5. The number of anilines is 4. The van der Waals surface area contributed by atoms with E-state index in [0.717, 1.165) is 108 Å². The number of H-pyrrole nitrogens is 5. The SMILES string of the molecule is COc1ccc(-c2nc3nc(CNc4ccc(Br)cc4)cc(=O)n3[nH]2)cc1.COc1ccc(-c2nc3nc(CNc4ccc(C)c(C)c4)cc(=O)n3[nH]2)cc1.COc1cccc(NCc2cc(=O)n3[nH]c(-c4ccccc4C)nc3n2)c1.Cc1ccccc1-c1nc2nc(CNc3cccc(C)c3C)cc(=O)n2[nH]1.O=c1cc(CN2CCCCC2)nc2nc(-c3cccs3)[nH]n12. The zero-order valence-corrected chi connectivity index (χ0v) is 75.6. The third-order valence-corrected chi connectivity index (χ3v) is 23.3. The van der Waals surface area contributed by atoms with E-state index in [1.54, 1.807) is 38.7 Å². The number of aromatic nitrogens is 20. The molecule has 1 aliphatic heterocycles. The monoisotopic (exact) mass is 1840 g/mol. The maximum Gasteiger partial charge on any atom is 0.274 e. The number of halogens is 1. The van der Waals surface area contributed by atoms with Gasteiger partial charge in [-0.15, -0.1) is 11.3 Å². The second-order valence-electron chi connectivity index (χ2n) is 31.1. The van der Waals surface area contributed by atoms with Gasteiger partial charge in [0.25, 0.3) is 56.7 Å². The van der Waals surface area contributed by atoms with Gasteiger partial charge < -0.3 is 35.5 Å². The van der Waals surface area contributed by atoms with E-state index in [2.05, 4.69) is 163 Å². The summed E-state index contributed by atoms with van der Waals surface area (Å²) in [5.74, 6) is 7.22. The van der Waals surface area contributed by atoms with Crippen LogP contribution >= 0.6 is 27.3 Å². The minimum absolute atomic E-state index is 0.104. The molecular formula is C96H94BrN25O8S. The van der Waals surface area contributed by atoms with Crippen molar-refractivity contribution in [3.63, 3.8) is 0 Å². The molecule has 1 saturated heterocycles. The van der Waals surface area contributed by atoms with Gasteiger partial charge in [0, 0.05) is 92.4 Å². The van der Waals surface area contributed by atoms with Crippen LogP contribution in [0.15, 0.2) is 258 Å². The van der Waals surface area contributed by atoms with Gasteiger partial charge in [0.15, 0.2) is 29.1 Å². The fraction of sp³-hybridized carbons (Fsp3) is 0.198. The predicted octanol–water partition coefficient (Wildman–Crippen LogP) is 15.6. The molecule has 0 unspecified atom stereocenters. The number of hydrogen-bond acceptors (Lipinski definition) is 24. The van der Waals surface area contributed by atoms with E-state index in [1.165, 1.54) is 88.4 Å². The van der Waals surface area contributed by atoms with Crippen molar-refractivity contribution in [2.24, 2.45) is 0 Å². The summed E-state index contributed by atoms with van der Waals surface area (Å²) in [5.41, 5.74) is 16.9. The Morgan fingerprint density at radius 3 is 1.21 bits per heavy atom. The highest BCUT2D eigenvalue weighted by molar-refractivity contribution is 9.10. The van der Waals surface area contributed by atoms with Crippen LogP contribution in [-0.4, -0.2) is 137 Å². The molecule has 9 N–H and O–H groups in total. The molecule has 19 aromatic rings. The number of methoxy groups -OCH3 is 3. The molecule has 11 aromatic heterocycles. The second-order valence-corrected chi connectivity index (χ2v) is 32.9. The minimum Gasteiger partial charge on any atom is -0.497 e. The normalized spacial score (nSPS) is 11.9. The molecular weight excluding hydrogens is 1740 g/mol. The van der Waals surface area contributed by atoms with Crippen molar-refractivity contribution < 1.29 is 14.2 Å². The predicted molar refractivity (Wildman–Crippen MR) is 513 cm³/mol. The van der Waals surface area contributed by atoms with Crippen LogP contribution in [-0.2, 0) is 32.7 Å². The second kappa shape index (κ2) is 40.5. The number of aromatic amines is 5. The Kier molecular flexibility index (Phi) is 27.4. The van der Waals surface area contributed by atoms with E-state index in [9.17, 15) is 24.0 Å². The van der Waals surface area contributed by atoms with Crippen LogP contribution in [0.5, 0.6) is 17.2 Å². The first-order chi connectivity index (χ1) is 63.6. The van der Waals surface area contributed by atoms with Gasteiger partial charge in [0.1, 0.15) is 17.2 Å². The van der Waals surface area contributed by atoms with E-state index in [0.29, 0.717) is 107 Å². The summed E-state index contributed by atoms with van der Waals surface area (Å²) < 4.78 is 23.4. The standard InChI is InChI=1S/C21H21N5O2.C21H21N5O.C20H19N5O2.C19H16BrN5O2.C15H17N5OS/c1-13-4-7-16(10-14(13)2)22-12-17-11-19(27)26-21(23-17)24-20(25-26)15-5-8-18(28-3)9-6-15;1-13-8-6-10-18(15(13)3)22-12-16-11-19(27)26-21(23-16)24-20(25-26)17-9-5-4-7-14(17)2;1-13-6-3-4-9-17(13)19-23-20-22-15(11-18(26)25(20)24-19)12-21-14-7-5-8-16(10-14)27-2;1-27-16-8-2-12(3-9-16)18-23-19-22-15(10-17(26)25(19)24-18)11-21-14-6-4-13(20)5-7-14;21-13-9-11(10-19-6-2-1-3-7-19)16-15-17-14(18-20(13)15)12-5-4-8-22-12/h4-11,22H,12H2,1-3H3,(H,23,24,25);4-11,22H,12H2,1-3H3,(H,23,24,25);3-11,21H,12H2,1-2H3,(H,22,23,24);2-10,21H,11H2,1H3,(H,22,23,24);4-5,8-9H,1-3,6-7,10H2,(H,16,17,18). The molecule has 0 spiro atoms. The Morgan fingerprint density at radius 2 is 0.748 bits per heavy atom. The highest BCUT2D eigenvalue weighted by Crippen LogP contribution is 2.28. The number of ether oxygens (including phenoxy) is 3. The topological polar surface area (TPSA) is 394 Å². The summed E-state index contributed by atoms with van der Waals surface area (Å²) in [7, 11) is 4.86. The summed E-state index contributed by atoms with van der Waals surface area (Å²) >= 11 is 4.99. The first-order valence-electron chi connectivity index (χ1n) is 42.2. The largest absolute Gasteiger partial charge is 0.497 e. The molecule has 0 radical (unpaired) electrons. The van der Waals surface area contributed by atoms with Crippen molar-refractivity contribution in [3.05, 3.63) is 348 Å². The van der Waals surface area contributed by atoms with Crippen molar-refractivity contribution in [1.29, 1.82) is 0 Å². The lowest BCUT2D eigenvalue weighted by atomic mass is 10.1. The number of fused-ring (bicyclic) bond motifs is 5. The molecule has 0 saturated carbocycles. The van der Waals surface area contributed by atoms with Crippen molar-refractivity contribution in [2.75, 3.05) is 55.7 Å². The van der Waals surface area contributed by atoms with Crippen LogP contribution in [0.1, 0.15) is 81.1 Å². The number of likely N-dealkylation sites (tertiary alicyclic amines) is 1. The van der Waals surface area contributed by atoms with Crippen LogP contribution in [0.3, 0.4) is 0 Å². The molecule has 1 aliphatic rings. The van der Waals surface area contributed by atoms with Crippen LogP contribution in [0.2, 0.25) is 0 Å². The van der Waals surface area contributed by atoms with Crippen LogP contribution in [0, 0.1) is 41.5 Å². The number of rotatable bonds is 22. The number of nitrogens with zero attached hydrogens (tertiary/aromatic N) is 16. The van der Waals surface area contributed by atoms with Gasteiger partial charge in [-0.2, -0.15) is 47.5 Å². The minimum atomic E-state index is -0.208. The Bertz CT molecular complexity index is 7580. The van der Waals surface area contributed by atoms with Gasteiger partial charge in [-0.3, -0.25) is 54.4 Å². The Labute approximate surface area is 761 Å². The van der Waals surface area contributed by atoms with Gasteiger partial charge in [-0.05, 0) is 215 Å². The Balaban J connectivity index is 0.000000120. The average Bonchev–Trinajstić information content (AvgIpc) is 1.66. The fourth-order valence-corrected chi connectivity index (χ4v) is 15.4. The summed E-state index contributed by atoms with van der Waals surface area (Å²) in [6, 6.07) is 69.9. The first kappa shape index (κ1) is 88.7. The summed E-state index contributed by atoms with van der Waals surface area (Å²) in [5, 5.41) is 30.2. The first-order valence-corrected chi connectivity index (χ1v) is 43.9. The highest BCUT2D eigenvalue weighted by atomic mass is 79.9. The molecule has 35 heteroatoms. The van der Waals surface area contributed by atoms with E-state index in [-0.39, 0.29) is 27.8 Å². The van der Waals surface area contributed by atoms with Crippen molar-refractivity contribution in [2.45, 2.75) is 93.5 Å². The van der Waals surface area contributed by atoms with Gasteiger partial charge >= 0.3 is 0 Å². The quantitative estimate of drug-likeness (QED) is 0.0304. The number of hydrogen-bond donors (Lipinski definition) is 9. The van der Waals surface area contributed by atoms with Gasteiger partial charge in [-0.25, -0.2) is 24.9 Å². The molecule has 131 heavy (non-hydrogen) atoms. The third-order valence-electron chi connectivity index (χ3n) is 21.9. The zero-order valence-electron chi connectivity index (χ0n) is 73.2. The number of benzene rings is 8. The lowest BCUT2D eigenvalue weighted by Gasteiger charge is -2.25. The molecule has 12 heterocycles. The Hall–Kier alpha value is -15.8. The number of aryl methyl sites for hydroxylation is 5. The molecule has 0 bridgehead atoms. The molecule has 0 aliphatic carbocycles. The van der Waals surface area contributed by atoms with Crippen molar-refractivity contribution in [3.8, 4) is 73.5 Å². The van der Waals surface area contributed by atoms with Crippen LogP contribution in [0.25, 0.3) is 85.1 Å². The summed E-state index contributed by atoms with van der Waals surface area (Å²) in [6.07, 6.45) is 3.76. The van der Waals surface area contributed by atoms with Gasteiger partial charge in [0.05, 0.1) is 80.9 Å².